The minimum absolute atomic E-state index is 0.606. The fourth-order valence-corrected chi connectivity index (χ4v) is 3.15. The van der Waals surface area contributed by atoms with Gasteiger partial charge in [-0.3, -0.25) is 10.6 Å². The predicted octanol–water partition coefficient (Wildman–Crippen LogP) is 3.82. The molecule has 1 aromatic heterocycles. The molecular formula is C20H19N3O3. The van der Waals surface area contributed by atoms with Crippen LogP contribution >= 0.6 is 0 Å². The molecule has 0 fully saturated rings. The van der Waals surface area contributed by atoms with Crippen LogP contribution < -0.4 is 15.4 Å². The SMILES string of the molecule is COc1cc(N2C(C)=C(c3ccccc3)OC2N)ccc1-c1cnco1. The summed E-state index contributed by atoms with van der Waals surface area (Å²) in [5.41, 5.74) is 9.88. The summed E-state index contributed by atoms with van der Waals surface area (Å²) < 4.78 is 16.8. The van der Waals surface area contributed by atoms with Gasteiger partial charge in [0, 0.05) is 17.3 Å². The Kier molecular flexibility index (Phi) is 4.10. The van der Waals surface area contributed by atoms with E-state index in [0.29, 0.717) is 11.5 Å². The molecule has 0 saturated carbocycles. The molecule has 0 saturated heterocycles. The van der Waals surface area contributed by atoms with Crippen molar-refractivity contribution in [3.63, 3.8) is 0 Å². The van der Waals surface area contributed by atoms with Crippen LogP contribution in [0.5, 0.6) is 5.75 Å². The Morgan fingerprint density at radius 1 is 1.15 bits per heavy atom. The Morgan fingerprint density at radius 2 is 1.96 bits per heavy atom. The summed E-state index contributed by atoms with van der Waals surface area (Å²) in [5, 5.41) is 0. The lowest BCUT2D eigenvalue weighted by Gasteiger charge is -2.24. The second kappa shape index (κ2) is 6.57. The van der Waals surface area contributed by atoms with Crippen molar-refractivity contribution in [1.29, 1.82) is 0 Å². The van der Waals surface area contributed by atoms with Gasteiger partial charge in [-0.1, -0.05) is 30.3 Å². The Hall–Kier alpha value is -3.25. The summed E-state index contributed by atoms with van der Waals surface area (Å²) in [6, 6.07) is 15.7. The largest absolute Gasteiger partial charge is 0.496 e. The zero-order valence-corrected chi connectivity index (χ0v) is 14.5. The van der Waals surface area contributed by atoms with Gasteiger partial charge in [0.2, 0.25) is 6.35 Å². The van der Waals surface area contributed by atoms with Crippen molar-refractivity contribution in [1.82, 2.24) is 4.98 Å². The first-order chi connectivity index (χ1) is 12.7. The van der Waals surface area contributed by atoms with Gasteiger partial charge in [-0.15, -0.1) is 0 Å². The molecule has 1 unspecified atom stereocenters. The molecule has 0 amide bonds. The minimum Gasteiger partial charge on any atom is -0.496 e. The first kappa shape index (κ1) is 16.2. The van der Waals surface area contributed by atoms with E-state index in [9.17, 15) is 0 Å². The van der Waals surface area contributed by atoms with Gasteiger partial charge in [0.05, 0.1) is 24.6 Å². The normalized spacial score (nSPS) is 16.7. The standard InChI is InChI=1S/C20H19N3O3/c1-13-19(14-6-4-3-5-7-14)26-20(21)23(13)15-8-9-16(17(10-15)24-2)18-11-22-12-25-18/h3-12,20H,21H2,1-2H3. The zero-order valence-electron chi connectivity index (χ0n) is 14.5. The third-order valence-electron chi connectivity index (χ3n) is 4.38. The highest BCUT2D eigenvalue weighted by atomic mass is 16.5. The number of methoxy groups -OCH3 is 1. The van der Waals surface area contributed by atoms with Crippen LogP contribution in [0.2, 0.25) is 0 Å². The van der Waals surface area contributed by atoms with E-state index in [4.69, 9.17) is 19.6 Å². The van der Waals surface area contributed by atoms with Gasteiger partial charge < -0.3 is 13.9 Å². The Bertz CT molecular complexity index is 936. The van der Waals surface area contributed by atoms with Crippen LogP contribution in [0.25, 0.3) is 17.1 Å². The summed E-state index contributed by atoms with van der Waals surface area (Å²) in [5.74, 6) is 2.09. The number of benzene rings is 2. The van der Waals surface area contributed by atoms with E-state index < -0.39 is 6.35 Å². The van der Waals surface area contributed by atoms with Crippen LogP contribution in [0.1, 0.15) is 12.5 Å². The van der Waals surface area contributed by atoms with E-state index >= 15 is 0 Å². The van der Waals surface area contributed by atoms with E-state index in [-0.39, 0.29) is 0 Å². The lowest BCUT2D eigenvalue weighted by atomic mass is 10.1. The number of nitrogens with two attached hydrogens (primary N) is 1. The lowest BCUT2D eigenvalue weighted by molar-refractivity contribution is 0.199. The van der Waals surface area contributed by atoms with Gasteiger partial charge in [0.15, 0.2) is 12.2 Å². The van der Waals surface area contributed by atoms with E-state index in [1.54, 1.807) is 13.3 Å². The molecule has 6 nitrogen and oxygen atoms in total. The quantitative estimate of drug-likeness (QED) is 0.772. The van der Waals surface area contributed by atoms with Crippen LogP contribution in [-0.4, -0.2) is 18.4 Å². The molecule has 2 N–H and O–H groups in total. The molecule has 132 valence electrons. The number of anilines is 1. The molecular weight excluding hydrogens is 330 g/mol. The van der Waals surface area contributed by atoms with Crippen molar-refractivity contribution in [3.05, 3.63) is 72.4 Å². The fourth-order valence-electron chi connectivity index (χ4n) is 3.15. The van der Waals surface area contributed by atoms with Gasteiger partial charge in [0.1, 0.15) is 11.5 Å². The maximum Gasteiger partial charge on any atom is 0.231 e. The third kappa shape index (κ3) is 2.70. The van der Waals surface area contributed by atoms with Crippen molar-refractivity contribution in [3.8, 4) is 17.1 Å². The number of allylic oxidation sites excluding steroid dienone is 1. The van der Waals surface area contributed by atoms with E-state index in [1.165, 1.54) is 6.39 Å². The van der Waals surface area contributed by atoms with Crippen molar-refractivity contribution >= 4 is 11.4 Å². The predicted molar refractivity (Wildman–Crippen MR) is 99.1 cm³/mol. The monoisotopic (exact) mass is 349 g/mol. The van der Waals surface area contributed by atoms with Crippen molar-refractivity contribution in [2.75, 3.05) is 12.0 Å². The average molecular weight is 349 g/mol. The average Bonchev–Trinajstić information content (AvgIpc) is 3.30. The van der Waals surface area contributed by atoms with Gasteiger partial charge in [-0.25, -0.2) is 4.98 Å². The van der Waals surface area contributed by atoms with Gasteiger partial charge in [-0.05, 0) is 19.1 Å². The maximum absolute atomic E-state index is 6.25. The molecule has 0 radical (unpaired) electrons. The Morgan fingerprint density at radius 3 is 2.65 bits per heavy atom. The molecule has 3 aromatic rings. The second-order valence-corrected chi connectivity index (χ2v) is 5.91. The number of hydrogen-bond donors (Lipinski definition) is 1. The number of hydrogen-bond acceptors (Lipinski definition) is 6. The van der Waals surface area contributed by atoms with Crippen LogP contribution in [0.4, 0.5) is 5.69 Å². The number of oxazole rings is 1. The summed E-state index contributed by atoms with van der Waals surface area (Å²) in [6.07, 6.45) is 2.44. The first-order valence-electron chi connectivity index (χ1n) is 8.23. The molecule has 0 aliphatic carbocycles. The van der Waals surface area contributed by atoms with E-state index in [1.807, 2.05) is 60.4 Å². The van der Waals surface area contributed by atoms with Gasteiger partial charge in [0.25, 0.3) is 0 Å². The minimum atomic E-state index is -0.606. The van der Waals surface area contributed by atoms with E-state index in [2.05, 4.69) is 4.98 Å². The van der Waals surface area contributed by atoms with E-state index in [0.717, 1.165) is 28.3 Å². The molecule has 1 aliphatic rings. The maximum atomic E-state index is 6.25. The van der Waals surface area contributed by atoms with Crippen LogP contribution in [0.15, 0.2) is 71.2 Å². The molecule has 6 heteroatoms. The molecule has 2 heterocycles. The molecule has 1 aliphatic heterocycles. The van der Waals surface area contributed by atoms with Crippen molar-refractivity contribution < 1.29 is 13.9 Å². The topological polar surface area (TPSA) is 73.8 Å². The fraction of sp³-hybridized carbons (Fsp3) is 0.150. The Balaban J connectivity index is 1.74. The van der Waals surface area contributed by atoms with Gasteiger partial charge >= 0.3 is 0 Å². The van der Waals surface area contributed by atoms with Crippen LogP contribution in [-0.2, 0) is 4.74 Å². The molecule has 4 rings (SSSR count). The highest BCUT2D eigenvalue weighted by molar-refractivity contribution is 5.75. The molecule has 0 spiro atoms. The third-order valence-corrected chi connectivity index (χ3v) is 4.38. The Labute approximate surface area is 151 Å². The molecule has 26 heavy (non-hydrogen) atoms. The number of aromatic nitrogens is 1. The van der Waals surface area contributed by atoms with Crippen LogP contribution in [0, 0.1) is 0 Å². The summed E-state index contributed by atoms with van der Waals surface area (Å²) in [6.45, 7) is 1.99. The molecule has 1 atom stereocenters. The van der Waals surface area contributed by atoms with Crippen molar-refractivity contribution in [2.24, 2.45) is 5.73 Å². The summed E-state index contributed by atoms with van der Waals surface area (Å²) in [7, 11) is 1.62. The number of rotatable bonds is 4. The smallest absolute Gasteiger partial charge is 0.231 e. The van der Waals surface area contributed by atoms with Crippen LogP contribution in [0.3, 0.4) is 0 Å². The molecule has 0 bridgehead atoms. The highest BCUT2D eigenvalue weighted by Crippen LogP contribution is 2.39. The summed E-state index contributed by atoms with van der Waals surface area (Å²) >= 11 is 0. The zero-order chi connectivity index (χ0) is 18.1. The molecule has 2 aromatic carbocycles. The van der Waals surface area contributed by atoms with Crippen molar-refractivity contribution in [2.45, 2.75) is 13.3 Å². The summed E-state index contributed by atoms with van der Waals surface area (Å²) in [4.78, 5) is 5.90. The highest BCUT2D eigenvalue weighted by Gasteiger charge is 2.30. The first-order valence-corrected chi connectivity index (χ1v) is 8.23. The second-order valence-electron chi connectivity index (χ2n) is 5.91. The number of nitrogens with zero attached hydrogens (tertiary/aromatic N) is 2. The lowest BCUT2D eigenvalue weighted by Crippen LogP contribution is -2.37. The van der Waals surface area contributed by atoms with Gasteiger partial charge in [-0.2, -0.15) is 0 Å². The number of ether oxygens (including phenoxy) is 2.